The molecule has 0 saturated carbocycles. The van der Waals surface area contributed by atoms with Crippen molar-refractivity contribution in [3.8, 4) is 11.5 Å². The van der Waals surface area contributed by atoms with Crippen LogP contribution in [0.5, 0.6) is 11.5 Å². The van der Waals surface area contributed by atoms with Crippen LogP contribution >= 0.6 is 11.6 Å². The molecule has 0 unspecified atom stereocenters. The van der Waals surface area contributed by atoms with Gasteiger partial charge in [-0.25, -0.2) is 9.78 Å². The lowest BCUT2D eigenvalue weighted by Gasteiger charge is -2.10. The summed E-state index contributed by atoms with van der Waals surface area (Å²) in [5, 5.41) is 12.0. The Kier molecular flexibility index (Phi) is 4.58. The van der Waals surface area contributed by atoms with Crippen molar-refractivity contribution in [3.63, 3.8) is 0 Å². The average molecular weight is 342 g/mol. The van der Waals surface area contributed by atoms with E-state index in [2.05, 4.69) is 15.3 Å². The number of rotatable bonds is 5. The van der Waals surface area contributed by atoms with E-state index in [-0.39, 0.29) is 16.7 Å². The normalized spacial score (nSPS) is 10.2. The first-order chi connectivity index (χ1) is 11.6. The van der Waals surface area contributed by atoms with E-state index in [4.69, 9.17) is 21.4 Å². The van der Waals surface area contributed by atoms with Gasteiger partial charge in [0.1, 0.15) is 22.9 Å². The van der Waals surface area contributed by atoms with Gasteiger partial charge >= 0.3 is 5.97 Å². The fourth-order valence-electron chi connectivity index (χ4n) is 1.98. The molecule has 0 fully saturated rings. The number of anilines is 2. The Morgan fingerprint density at radius 1 is 1.04 bits per heavy atom. The molecular weight excluding hydrogens is 330 g/mol. The maximum Gasteiger partial charge on any atom is 0.341 e. The van der Waals surface area contributed by atoms with Crippen LogP contribution in [0.25, 0.3) is 0 Å². The monoisotopic (exact) mass is 341 g/mol. The third-order valence-electron chi connectivity index (χ3n) is 3.09. The molecule has 24 heavy (non-hydrogen) atoms. The van der Waals surface area contributed by atoms with E-state index in [1.54, 1.807) is 24.3 Å². The zero-order valence-corrected chi connectivity index (χ0v) is 13.1. The SMILES string of the molecule is O=C(O)c1cnc(Cl)nc1Nc1ccc(Oc2ccccc2)cc1. The van der Waals surface area contributed by atoms with Crippen molar-refractivity contribution in [2.75, 3.05) is 5.32 Å². The predicted octanol–water partition coefficient (Wildman–Crippen LogP) is 4.36. The molecule has 3 aromatic rings. The predicted molar refractivity (Wildman–Crippen MR) is 90.2 cm³/mol. The van der Waals surface area contributed by atoms with Crippen LogP contribution in [0.3, 0.4) is 0 Å². The van der Waals surface area contributed by atoms with E-state index in [1.165, 1.54) is 0 Å². The fraction of sp³-hybridized carbons (Fsp3) is 0. The number of aromatic carboxylic acids is 1. The average Bonchev–Trinajstić information content (AvgIpc) is 2.57. The molecule has 6 nitrogen and oxygen atoms in total. The zero-order chi connectivity index (χ0) is 16.9. The molecule has 120 valence electrons. The van der Waals surface area contributed by atoms with Gasteiger partial charge < -0.3 is 15.2 Å². The van der Waals surface area contributed by atoms with Gasteiger partial charge in [0.15, 0.2) is 0 Å². The number of nitrogens with zero attached hydrogens (tertiary/aromatic N) is 2. The smallest absolute Gasteiger partial charge is 0.341 e. The minimum Gasteiger partial charge on any atom is -0.477 e. The minimum atomic E-state index is -1.14. The maximum absolute atomic E-state index is 11.2. The standard InChI is InChI=1S/C17H12ClN3O3/c18-17-19-10-14(16(22)23)15(21-17)20-11-6-8-13(9-7-11)24-12-4-2-1-3-5-12/h1-10H,(H,22,23)(H,19,20,21). The third-order valence-corrected chi connectivity index (χ3v) is 3.27. The van der Waals surface area contributed by atoms with Gasteiger partial charge in [-0.3, -0.25) is 0 Å². The zero-order valence-electron chi connectivity index (χ0n) is 12.3. The summed E-state index contributed by atoms with van der Waals surface area (Å²) >= 11 is 5.73. The van der Waals surface area contributed by atoms with E-state index in [0.717, 1.165) is 11.9 Å². The molecule has 0 amide bonds. The van der Waals surface area contributed by atoms with Gasteiger partial charge in [-0.1, -0.05) is 18.2 Å². The highest BCUT2D eigenvalue weighted by Crippen LogP contribution is 2.25. The Labute approximate surface area is 142 Å². The van der Waals surface area contributed by atoms with Gasteiger partial charge in [0, 0.05) is 11.9 Å². The summed E-state index contributed by atoms with van der Waals surface area (Å²) in [6.45, 7) is 0. The lowest BCUT2D eigenvalue weighted by atomic mass is 10.2. The van der Waals surface area contributed by atoms with E-state index >= 15 is 0 Å². The molecule has 7 heteroatoms. The van der Waals surface area contributed by atoms with Crippen molar-refractivity contribution in [2.24, 2.45) is 0 Å². The number of carboxylic acids is 1. The number of para-hydroxylation sites is 1. The first-order valence-electron chi connectivity index (χ1n) is 6.97. The van der Waals surface area contributed by atoms with Gasteiger partial charge in [0.2, 0.25) is 5.28 Å². The van der Waals surface area contributed by atoms with Crippen LogP contribution in [0.2, 0.25) is 5.28 Å². The van der Waals surface area contributed by atoms with E-state index in [0.29, 0.717) is 11.4 Å². The van der Waals surface area contributed by atoms with Crippen LogP contribution < -0.4 is 10.1 Å². The van der Waals surface area contributed by atoms with E-state index in [9.17, 15) is 4.79 Å². The Morgan fingerprint density at radius 2 is 1.71 bits per heavy atom. The lowest BCUT2D eigenvalue weighted by Crippen LogP contribution is -2.06. The van der Waals surface area contributed by atoms with Crippen LogP contribution in [0.1, 0.15) is 10.4 Å². The van der Waals surface area contributed by atoms with Crippen molar-refractivity contribution < 1.29 is 14.6 Å². The van der Waals surface area contributed by atoms with Crippen LogP contribution in [0, 0.1) is 0 Å². The molecule has 0 aliphatic carbocycles. The van der Waals surface area contributed by atoms with Crippen LogP contribution in [0.15, 0.2) is 60.8 Å². The van der Waals surface area contributed by atoms with Crippen molar-refractivity contribution in [2.45, 2.75) is 0 Å². The second-order valence-corrected chi connectivity index (χ2v) is 5.11. The van der Waals surface area contributed by atoms with Crippen molar-refractivity contribution in [3.05, 3.63) is 71.6 Å². The Bertz CT molecular complexity index is 855. The molecule has 2 N–H and O–H groups in total. The molecule has 1 heterocycles. The minimum absolute atomic E-state index is 0.0356. The topological polar surface area (TPSA) is 84.3 Å². The first kappa shape index (κ1) is 15.8. The number of carboxylic acid groups (broad SMARTS) is 1. The molecule has 0 atom stereocenters. The highest BCUT2D eigenvalue weighted by molar-refractivity contribution is 6.28. The van der Waals surface area contributed by atoms with Crippen molar-refractivity contribution in [1.82, 2.24) is 9.97 Å². The number of aromatic nitrogens is 2. The number of carbonyl (C=O) groups is 1. The number of halogens is 1. The van der Waals surface area contributed by atoms with Gasteiger partial charge in [-0.05, 0) is 48.0 Å². The summed E-state index contributed by atoms with van der Waals surface area (Å²) in [5.74, 6) is 0.373. The molecule has 3 rings (SSSR count). The molecule has 0 aliphatic heterocycles. The Hall–Kier alpha value is -3.12. The van der Waals surface area contributed by atoms with Gasteiger partial charge in [0.25, 0.3) is 0 Å². The molecule has 0 radical (unpaired) electrons. The second-order valence-electron chi connectivity index (χ2n) is 4.77. The first-order valence-corrected chi connectivity index (χ1v) is 7.35. The number of ether oxygens (including phenoxy) is 1. The maximum atomic E-state index is 11.2. The Balaban J connectivity index is 1.77. The van der Waals surface area contributed by atoms with Crippen molar-refractivity contribution in [1.29, 1.82) is 0 Å². The summed E-state index contributed by atoms with van der Waals surface area (Å²) in [6.07, 6.45) is 1.16. The van der Waals surface area contributed by atoms with Gasteiger partial charge in [-0.15, -0.1) is 0 Å². The third kappa shape index (κ3) is 3.80. The van der Waals surface area contributed by atoms with Gasteiger partial charge in [0.05, 0.1) is 0 Å². The number of benzene rings is 2. The molecule has 0 bridgehead atoms. The summed E-state index contributed by atoms with van der Waals surface area (Å²) in [5.41, 5.74) is 0.580. The molecule has 2 aromatic carbocycles. The summed E-state index contributed by atoms with van der Waals surface area (Å²) < 4.78 is 5.70. The van der Waals surface area contributed by atoms with E-state index in [1.807, 2.05) is 30.3 Å². The fourth-order valence-corrected chi connectivity index (χ4v) is 2.11. The molecule has 0 spiro atoms. The highest BCUT2D eigenvalue weighted by Gasteiger charge is 2.13. The second kappa shape index (κ2) is 6.97. The molecular formula is C17H12ClN3O3. The summed E-state index contributed by atoms with van der Waals surface area (Å²) in [4.78, 5) is 18.8. The molecule has 1 aromatic heterocycles. The largest absolute Gasteiger partial charge is 0.477 e. The number of hydrogen-bond acceptors (Lipinski definition) is 5. The lowest BCUT2D eigenvalue weighted by molar-refractivity contribution is 0.0697. The van der Waals surface area contributed by atoms with Crippen LogP contribution in [0.4, 0.5) is 11.5 Å². The molecule has 0 aliphatic rings. The number of hydrogen-bond donors (Lipinski definition) is 2. The van der Waals surface area contributed by atoms with Crippen molar-refractivity contribution >= 4 is 29.1 Å². The molecule has 0 saturated heterocycles. The van der Waals surface area contributed by atoms with Crippen LogP contribution in [-0.2, 0) is 0 Å². The summed E-state index contributed by atoms with van der Waals surface area (Å²) in [6, 6.07) is 16.4. The van der Waals surface area contributed by atoms with E-state index < -0.39 is 5.97 Å². The Morgan fingerprint density at radius 3 is 2.38 bits per heavy atom. The quantitative estimate of drug-likeness (QED) is 0.670. The van der Waals surface area contributed by atoms with Gasteiger partial charge in [-0.2, -0.15) is 4.98 Å². The number of nitrogens with one attached hydrogen (secondary N) is 1. The highest BCUT2D eigenvalue weighted by atomic mass is 35.5. The summed E-state index contributed by atoms with van der Waals surface area (Å²) in [7, 11) is 0. The van der Waals surface area contributed by atoms with Crippen LogP contribution in [-0.4, -0.2) is 21.0 Å².